The molecule has 0 amide bonds. The van der Waals surface area contributed by atoms with Gasteiger partial charge in [0.15, 0.2) is 0 Å². The van der Waals surface area contributed by atoms with Crippen LogP contribution in [0.25, 0.3) is 0 Å². The number of benzene rings is 1. The molecule has 0 aliphatic heterocycles. The summed E-state index contributed by atoms with van der Waals surface area (Å²) in [5.74, 6) is 1.21. The Morgan fingerprint density at radius 3 is 2.52 bits per heavy atom. The summed E-state index contributed by atoms with van der Waals surface area (Å²) in [6.07, 6.45) is 1.62. The molecule has 0 aliphatic carbocycles. The molecule has 0 fully saturated rings. The Bertz CT molecular complexity index is 651. The van der Waals surface area contributed by atoms with E-state index in [1.54, 1.807) is 13.3 Å². The first-order valence-electron chi connectivity index (χ1n) is 6.67. The Morgan fingerprint density at radius 2 is 1.90 bits per heavy atom. The summed E-state index contributed by atoms with van der Waals surface area (Å²) in [4.78, 5) is 8.40. The SMILES string of the molecule is COc1nc(Oc2ccc(C)cc2C(C)(C)C)ncc1Br. The second kappa shape index (κ2) is 6.02. The predicted octanol–water partition coefficient (Wildman–Crippen LogP) is 4.65. The molecule has 0 atom stereocenters. The van der Waals surface area contributed by atoms with Gasteiger partial charge in [0.05, 0.1) is 17.8 Å². The Labute approximate surface area is 133 Å². The van der Waals surface area contributed by atoms with Crippen molar-refractivity contribution < 1.29 is 9.47 Å². The maximum atomic E-state index is 5.87. The number of methoxy groups -OCH3 is 1. The molecule has 5 heteroatoms. The Morgan fingerprint density at radius 1 is 1.19 bits per heavy atom. The molecule has 2 rings (SSSR count). The van der Waals surface area contributed by atoms with Gasteiger partial charge in [-0.25, -0.2) is 4.98 Å². The number of aryl methyl sites for hydroxylation is 1. The lowest BCUT2D eigenvalue weighted by atomic mass is 9.85. The highest BCUT2D eigenvalue weighted by atomic mass is 79.9. The molecule has 0 saturated carbocycles. The fourth-order valence-corrected chi connectivity index (χ4v) is 2.30. The topological polar surface area (TPSA) is 44.2 Å². The molecule has 1 aromatic carbocycles. The minimum absolute atomic E-state index is 0.0270. The van der Waals surface area contributed by atoms with Crippen LogP contribution in [0.3, 0.4) is 0 Å². The molecule has 0 N–H and O–H groups in total. The van der Waals surface area contributed by atoms with Crippen LogP contribution in [0.5, 0.6) is 17.6 Å². The summed E-state index contributed by atoms with van der Waals surface area (Å²) >= 11 is 3.33. The fourth-order valence-electron chi connectivity index (χ4n) is 1.95. The zero-order valence-corrected chi connectivity index (χ0v) is 14.5. The molecule has 0 aliphatic rings. The van der Waals surface area contributed by atoms with Crippen LogP contribution < -0.4 is 9.47 Å². The van der Waals surface area contributed by atoms with Crippen LogP contribution in [-0.4, -0.2) is 17.1 Å². The van der Waals surface area contributed by atoms with Gasteiger partial charge in [0.25, 0.3) is 0 Å². The van der Waals surface area contributed by atoms with Crippen LogP contribution in [0.15, 0.2) is 28.9 Å². The summed E-state index contributed by atoms with van der Waals surface area (Å²) in [5.41, 5.74) is 2.29. The standard InChI is InChI=1S/C16H19BrN2O2/c1-10-6-7-13(11(8-10)16(2,3)4)21-15-18-9-12(17)14(19-15)20-5/h6-9H,1-5H3. The van der Waals surface area contributed by atoms with Gasteiger partial charge in [0, 0.05) is 5.56 Å². The quantitative estimate of drug-likeness (QED) is 0.808. The Kier molecular flexibility index (Phi) is 4.52. The predicted molar refractivity (Wildman–Crippen MR) is 86.2 cm³/mol. The fraction of sp³-hybridized carbons (Fsp3) is 0.375. The van der Waals surface area contributed by atoms with Crippen LogP contribution in [0.2, 0.25) is 0 Å². The molecule has 0 bridgehead atoms. The van der Waals surface area contributed by atoms with Gasteiger partial charge in [-0.2, -0.15) is 4.98 Å². The van der Waals surface area contributed by atoms with Crippen molar-refractivity contribution in [2.24, 2.45) is 0 Å². The second-order valence-electron chi connectivity index (χ2n) is 5.86. The van der Waals surface area contributed by atoms with E-state index in [2.05, 4.69) is 59.7 Å². The van der Waals surface area contributed by atoms with E-state index in [9.17, 15) is 0 Å². The Balaban J connectivity index is 2.40. The van der Waals surface area contributed by atoms with Crippen LogP contribution >= 0.6 is 15.9 Å². The molecule has 1 aromatic heterocycles. The molecular weight excluding hydrogens is 332 g/mol. The van der Waals surface area contributed by atoms with Crippen molar-refractivity contribution in [3.63, 3.8) is 0 Å². The van der Waals surface area contributed by atoms with Crippen molar-refractivity contribution in [2.75, 3.05) is 7.11 Å². The van der Waals surface area contributed by atoms with Crippen molar-refractivity contribution in [2.45, 2.75) is 33.1 Å². The molecule has 0 saturated heterocycles. The third kappa shape index (κ3) is 3.73. The van der Waals surface area contributed by atoms with Crippen molar-refractivity contribution in [3.05, 3.63) is 40.0 Å². The highest BCUT2D eigenvalue weighted by Crippen LogP contribution is 2.34. The number of hydrogen-bond acceptors (Lipinski definition) is 4. The summed E-state index contributed by atoms with van der Waals surface area (Å²) in [6.45, 7) is 8.52. The maximum Gasteiger partial charge on any atom is 0.325 e. The van der Waals surface area contributed by atoms with Crippen molar-refractivity contribution in [1.29, 1.82) is 0 Å². The highest BCUT2D eigenvalue weighted by Gasteiger charge is 2.20. The lowest BCUT2D eigenvalue weighted by Crippen LogP contribution is -2.13. The molecule has 0 unspecified atom stereocenters. The molecule has 4 nitrogen and oxygen atoms in total. The van der Waals surface area contributed by atoms with Gasteiger partial charge < -0.3 is 9.47 Å². The largest absolute Gasteiger partial charge is 0.480 e. The maximum absolute atomic E-state index is 5.87. The van der Waals surface area contributed by atoms with Gasteiger partial charge >= 0.3 is 6.01 Å². The van der Waals surface area contributed by atoms with Crippen molar-refractivity contribution in [1.82, 2.24) is 9.97 Å². The number of aromatic nitrogens is 2. The van der Waals surface area contributed by atoms with Crippen molar-refractivity contribution >= 4 is 15.9 Å². The molecule has 2 aromatic rings. The van der Waals surface area contributed by atoms with E-state index in [4.69, 9.17) is 9.47 Å². The second-order valence-corrected chi connectivity index (χ2v) is 6.72. The summed E-state index contributed by atoms with van der Waals surface area (Å²) in [7, 11) is 1.56. The smallest absolute Gasteiger partial charge is 0.325 e. The van der Waals surface area contributed by atoms with E-state index in [1.807, 2.05) is 12.1 Å². The van der Waals surface area contributed by atoms with Gasteiger partial charge in [0.1, 0.15) is 5.75 Å². The van der Waals surface area contributed by atoms with Crippen LogP contribution in [0.4, 0.5) is 0 Å². The van der Waals surface area contributed by atoms with Crippen LogP contribution in [0.1, 0.15) is 31.9 Å². The van der Waals surface area contributed by atoms with Gasteiger partial charge in [-0.1, -0.05) is 38.5 Å². The highest BCUT2D eigenvalue weighted by molar-refractivity contribution is 9.10. The molecule has 1 heterocycles. The van der Waals surface area contributed by atoms with Crippen LogP contribution in [-0.2, 0) is 5.41 Å². The van der Waals surface area contributed by atoms with Gasteiger partial charge in [-0.05, 0) is 34.3 Å². The first kappa shape index (κ1) is 15.8. The minimum atomic E-state index is -0.0270. The van der Waals surface area contributed by atoms with E-state index in [0.29, 0.717) is 10.4 Å². The average molecular weight is 351 g/mol. The number of hydrogen-bond donors (Lipinski definition) is 0. The third-order valence-electron chi connectivity index (χ3n) is 3.03. The van der Waals surface area contributed by atoms with E-state index >= 15 is 0 Å². The van der Waals surface area contributed by atoms with E-state index < -0.39 is 0 Å². The first-order chi connectivity index (χ1) is 9.81. The molecule has 21 heavy (non-hydrogen) atoms. The summed E-state index contributed by atoms with van der Waals surface area (Å²) in [6, 6.07) is 6.37. The summed E-state index contributed by atoms with van der Waals surface area (Å²) < 4.78 is 11.7. The van der Waals surface area contributed by atoms with Crippen LogP contribution in [0, 0.1) is 6.92 Å². The van der Waals surface area contributed by atoms with E-state index in [0.717, 1.165) is 11.3 Å². The monoisotopic (exact) mass is 350 g/mol. The lowest BCUT2D eigenvalue weighted by molar-refractivity contribution is 0.370. The van der Waals surface area contributed by atoms with E-state index in [1.165, 1.54) is 5.56 Å². The number of ether oxygens (including phenoxy) is 2. The minimum Gasteiger partial charge on any atom is -0.480 e. The first-order valence-corrected chi connectivity index (χ1v) is 7.46. The third-order valence-corrected chi connectivity index (χ3v) is 3.57. The molecular formula is C16H19BrN2O2. The number of halogens is 1. The van der Waals surface area contributed by atoms with Gasteiger partial charge in [-0.3, -0.25) is 0 Å². The lowest BCUT2D eigenvalue weighted by Gasteiger charge is -2.22. The van der Waals surface area contributed by atoms with Gasteiger partial charge in [0.2, 0.25) is 5.88 Å². The number of nitrogens with zero attached hydrogens (tertiary/aromatic N) is 2. The molecule has 0 spiro atoms. The Hall–Kier alpha value is -1.62. The summed E-state index contributed by atoms with van der Waals surface area (Å²) in [5, 5.41) is 0. The number of rotatable bonds is 3. The van der Waals surface area contributed by atoms with Gasteiger partial charge in [-0.15, -0.1) is 0 Å². The zero-order valence-electron chi connectivity index (χ0n) is 12.9. The normalized spacial score (nSPS) is 11.3. The van der Waals surface area contributed by atoms with E-state index in [-0.39, 0.29) is 11.4 Å². The van der Waals surface area contributed by atoms with Crippen molar-refractivity contribution in [3.8, 4) is 17.6 Å². The zero-order chi connectivity index (χ0) is 15.6. The molecule has 112 valence electrons. The molecule has 0 radical (unpaired) electrons. The average Bonchev–Trinajstić information content (AvgIpc) is 2.41.